The minimum absolute atomic E-state index is 0.263. The number of nitrogens with one attached hydrogen (secondary N) is 2. The van der Waals surface area contributed by atoms with Crippen LogP contribution in [0.2, 0.25) is 0 Å². The molecule has 168 valence electrons. The molecule has 1 aliphatic rings. The molecule has 1 saturated carbocycles. The van der Waals surface area contributed by atoms with Crippen molar-refractivity contribution in [3.63, 3.8) is 0 Å². The van der Waals surface area contributed by atoms with E-state index >= 15 is 0 Å². The first-order valence-corrected chi connectivity index (χ1v) is 11.3. The number of aromatic amines is 1. The first-order chi connectivity index (χ1) is 16.2. The van der Waals surface area contributed by atoms with Gasteiger partial charge in [-0.1, -0.05) is 6.42 Å². The number of thiazole rings is 1. The maximum Gasteiger partial charge on any atom is 0.215 e. The quantitative estimate of drug-likeness (QED) is 0.364. The monoisotopic (exact) mass is 464 g/mol. The highest BCUT2D eigenvalue weighted by Crippen LogP contribution is 2.43. The third kappa shape index (κ3) is 4.31. The highest BCUT2D eigenvalue weighted by Gasteiger charge is 2.41. The van der Waals surface area contributed by atoms with Crippen LogP contribution >= 0.6 is 11.3 Å². The molecule has 0 unspecified atom stereocenters. The fourth-order valence-electron chi connectivity index (χ4n) is 3.93. The van der Waals surface area contributed by atoms with Crippen LogP contribution in [-0.2, 0) is 16.8 Å². The van der Waals surface area contributed by atoms with Crippen LogP contribution in [0.3, 0.4) is 0 Å². The standard InChI is InChI=1S/C22H21FN8OS/c23-16-3-1-9-24-20(16)22(7-2-8-22)13-26-18-5-4-17(28-29-18)21-25-11-15(33-21)12-31(14-32)19-6-10-27-30-19/h1,3-6,9-11,14H,2,7-8,12-13H2,(H,26,29)(H,27,30). The van der Waals surface area contributed by atoms with Crippen LogP contribution in [0.15, 0.2) is 48.9 Å². The zero-order valence-corrected chi connectivity index (χ0v) is 18.4. The first-order valence-electron chi connectivity index (χ1n) is 10.5. The maximum atomic E-state index is 14.3. The molecule has 1 amide bonds. The average molecular weight is 465 g/mol. The van der Waals surface area contributed by atoms with Gasteiger partial charge in [0.15, 0.2) is 0 Å². The van der Waals surface area contributed by atoms with E-state index in [9.17, 15) is 9.18 Å². The van der Waals surface area contributed by atoms with Gasteiger partial charge in [0.05, 0.1) is 18.4 Å². The molecular weight excluding hydrogens is 443 g/mol. The molecule has 5 rings (SSSR count). The van der Waals surface area contributed by atoms with Gasteiger partial charge < -0.3 is 5.32 Å². The molecule has 4 aromatic heterocycles. The lowest BCUT2D eigenvalue weighted by Gasteiger charge is -2.41. The SMILES string of the molecule is O=CN(Cc1cnc(-c2ccc(NCC3(c4ncccc4F)CCC3)nn2)s1)c1ccn[nH]1. The largest absolute Gasteiger partial charge is 0.368 e. The number of pyridine rings is 1. The summed E-state index contributed by atoms with van der Waals surface area (Å²) in [6.45, 7) is 0.925. The lowest BCUT2D eigenvalue weighted by molar-refractivity contribution is -0.107. The number of anilines is 2. The van der Waals surface area contributed by atoms with Crippen molar-refractivity contribution in [3.05, 3.63) is 65.3 Å². The summed E-state index contributed by atoms with van der Waals surface area (Å²) >= 11 is 1.44. The second-order valence-electron chi connectivity index (χ2n) is 7.93. The summed E-state index contributed by atoms with van der Waals surface area (Å²) in [5, 5.41) is 19.2. The molecule has 4 aromatic rings. The summed E-state index contributed by atoms with van der Waals surface area (Å²) < 4.78 is 14.3. The van der Waals surface area contributed by atoms with Crippen LogP contribution in [0, 0.1) is 5.82 Å². The lowest BCUT2D eigenvalue weighted by atomic mass is 9.66. The van der Waals surface area contributed by atoms with E-state index in [4.69, 9.17) is 0 Å². The van der Waals surface area contributed by atoms with Crippen LogP contribution in [-0.4, -0.2) is 43.3 Å². The molecule has 0 saturated heterocycles. The third-order valence-corrected chi connectivity index (χ3v) is 6.87. The molecule has 1 aliphatic carbocycles. The van der Waals surface area contributed by atoms with E-state index in [1.807, 2.05) is 12.1 Å². The average Bonchev–Trinajstić information content (AvgIpc) is 3.51. The normalized spacial score (nSPS) is 14.5. The second kappa shape index (κ2) is 9.02. The molecule has 9 nitrogen and oxygen atoms in total. The van der Waals surface area contributed by atoms with E-state index in [1.165, 1.54) is 22.3 Å². The van der Waals surface area contributed by atoms with Gasteiger partial charge in [0.1, 0.15) is 28.2 Å². The summed E-state index contributed by atoms with van der Waals surface area (Å²) in [6, 6.07) is 8.48. The number of carbonyl (C=O) groups is 1. The van der Waals surface area contributed by atoms with Gasteiger partial charge >= 0.3 is 0 Å². The summed E-state index contributed by atoms with van der Waals surface area (Å²) in [7, 11) is 0. The Hall–Kier alpha value is -3.73. The van der Waals surface area contributed by atoms with Crippen molar-refractivity contribution in [1.29, 1.82) is 0 Å². The molecule has 0 atom stereocenters. The Kier molecular flexibility index (Phi) is 5.78. The van der Waals surface area contributed by atoms with Gasteiger partial charge in [-0.05, 0) is 37.1 Å². The Morgan fingerprint density at radius 3 is 2.76 bits per heavy atom. The highest BCUT2D eigenvalue weighted by molar-refractivity contribution is 7.15. The van der Waals surface area contributed by atoms with Crippen molar-refractivity contribution in [2.24, 2.45) is 0 Å². The van der Waals surface area contributed by atoms with Crippen molar-refractivity contribution < 1.29 is 9.18 Å². The van der Waals surface area contributed by atoms with E-state index in [0.717, 1.165) is 30.5 Å². The number of rotatable bonds is 9. The first kappa shape index (κ1) is 21.1. The molecule has 4 heterocycles. The molecule has 2 N–H and O–H groups in total. The van der Waals surface area contributed by atoms with Gasteiger partial charge in [0.2, 0.25) is 6.41 Å². The number of halogens is 1. The Labute approximate surface area is 193 Å². The summed E-state index contributed by atoms with van der Waals surface area (Å²) in [5.74, 6) is 0.968. The number of hydrogen-bond acceptors (Lipinski definition) is 8. The minimum Gasteiger partial charge on any atom is -0.368 e. The molecule has 33 heavy (non-hydrogen) atoms. The number of hydrogen-bond donors (Lipinski definition) is 2. The number of aromatic nitrogens is 6. The van der Waals surface area contributed by atoms with Crippen LogP contribution in [0.1, 0.15) is 29.8 Å². The molecule has 11 heteroatoms. The fraction of sp³-hybridized carbons (Fsp3) is 0.273. The molecular formula is C22H21FN8OS. The van der Waals surface area contributed by atoms with Gasteiger partial charge in [-0.3, -0.25) is 19.8 Å². The Morgan fingerprint density at radius 1 is 1.18 bits per heavy atom. The molecule has 0 spiro atoms. The van der Waals surface area contributed by atoms with Gasteiger partial charge in [-0.25, -0.2) is 9.37 Å². The zero-order valence-electron chi connectivity index (χ0n) is 17.6. The van der Waals surface area contributed by atoms with E-state index in [-0.39, 0.29) is 11.2 Å². The van der Waals surface area contributed by atoms with E-state index in [2.05, 4.69) is 35.7 Å². The van der Waals surface area contributed by atoms with E-state index in [0.29, 0.717) is 41.1 Å². The van der Waals surface area contributed by atoms with Crippen molar-refractivity contribution in [2.45, 2.75) is 31.2 Å². The van der Waals surface area contributed by atoms with Crippen molar-refractivity contribution in [1.82, 2.24) is 30.4 Å². The smallest absolute Gasteiger partial charge is 0.215 e. The van der Waals surface area contributed by atoms with Gasteiger partial charge in [0.25, 0.3) is 0 Å². The summed E-state index contributed by atoms with van der Waals surface area (Å²) in [5.41, 5.74) is 0.850. The van der Waals surface area contributed by atoms with Crippen LogP contribution in [0.4, 0.5) is 16.0 Å². The van der Waals surface area contributed by atoms with Gasteiger partial charge in [-0.2, -0.15) is 5.10 Å². The molecule has 0 aliphatic heterocycles. The van der Waals surface area contributed by atoms with Gasteiger partial charge in [-0.15, -0.1) is 21.5 Å². The van der Waals surface area contributed by atoms with Crippen LogP contribution < -0.4 is 10.2 Å². The van der Waals surface area contributed by atoms with E-state index in [1.54, 1.807) is 30.7 Å². The molecule has 1 fully saturated rings. The Balaban J connectivity index is 1.24. The number of nitrogens with zero attached hydrogens (tertiary/aromatic N) is 6. The topological polar surface area (TPSA) is 113 Å². The molecule has 0 aromatic carbocycles. The second-order valence-corrected chi connectivity index (χ2v) is 9.05. The predicted octanol–water partition coefficient (Wildman–Crippen LogP) is 3.55. The number of amides is 1. The number of carbonyl (C=O) groups excluding carboxylic acids is 1. The predicted molar refractivity (Wildman–Crippen MR) is 122 cm³/mol. The van der Waals surface area contributed by atoms with Crippen molar-refractivity contribution in [3.8, 4) is 10.7 Å². The maximum absolute atomic E-state index is 14.3. The molecule has 0 bridgehead atoms. The van der Waals surface area contributed by atoms with Crippen LogP contribution in [0.25, 0.3) is 10.7 Å². The number of H-pyrrole nitrogens is 1. The highest BCUT2D eigenvalue weighted by atomic mass is 32.1. The third-order valence-electron chi connectivity index (χ3n) is 5.87. The molecule has 0 radical (unpaired) electrons. The van der Waals surface area contributed by atoms with E-state index < -0.39 is 0 Å². The van der Waals surface area contributed by atoms with Gasteiger partial charge in [0, 0.05) is 35.3 Å². The summed E-state index contributed by atoms with van der Waals surface area (Å²) in [6.07, 6.45) is 8.53. The Bertz CT molecular complexity index is 1220. The lowest BCUT2D eigenvalue weighted by Crippen LogP contribution is -2.42. The zero-order chi connectivity index (χ0) is 22.7. The fourth-order valence-corrected chi connectivity index (χ4v) is 4.81. The van der Waals surface area contributed by atoms with Crippen LogP contribution in [0.5, 0.6) is 0 Å². The Morgan fingerprint density at radius 2 is 2.09 bits per heavy atom. The van der Waals surface area contributed by atoms with Crippen molar-refractivity contribution >= 4 is 29.4 Å². The summed E-state index contributed by atoms with van der Waals surface area (Å²) in [4.78, 5) is 22.5. The van der Waals surface area contributed by atoms with Crippen molar-refractivity contribution in [2.75, 3.05) is 16.8 Å². The minimum atomic E-state index is -0.311.